The summed E-state index contributed by atoms with van der Waals surface area (Å²) in [5.41, 5.74) is -0.537. The summed E-state index contributed by atoms with van der Waals surface area (Å²) in [6.07, 6.45) is -0.643. The molecule has 0 radical (unpaired) electrons. The van der Waals surface area contributed by atoms with Crippen molar-refractivity contribution >= 4 is 5.97 Å². The lowest BCUT2D eigenvalue weighted by Crippen LogP contribution is -2.33. The fraction of sp³-hybridized carbons (Fsp3) is 0.900. The molecule has 0 aromatic heterocycles. The summed E-state index contributed by atoms with van der Waals surface area (Å²) < 4.78 is 5.09. The van der Waals surface area contributed by atoms with E-state index in [0.29, 0.717) is 0 Å². The van der Waals surface area contributed by atoms with Crippen LogP contribution in [0, 0.1) is 5.92 Å². The summed E-state index contributed by atoms with van der Waals surface area (Å²) in [5.74, 6) is -1.03. The van der Waals surface area contributed by atoms with Crippen molar-refractivity contribution in [2.45, 2.75) is 45.8 Å². The van der Waals surface area contributed by atoms with Crippen LogP contribution in [0.4, 0.5) is 0 Å². The van der Waals surface area contributed by atoms with Gasteiger partial charge in [-0.05, 0) is 34.1 Å². The molecule has 0 saturated carbocycles. The molecule has 0 unspecified atom stereocenters. The first-order chi connectivity index (χ1) is 6.28. The van der Waals surface area contributed by atoms with Crippen LogP contribution in [-0.2, 0) is 9.53 Å². The lowest BCUT2D eigenvalue weighted by Gasteiger charge is -2.24. The molecule has 0 rings (SSSR count). The van der Waals surface area contributed by atoms with Gasteiger partial charge in [0.2, 0.25) is 0 Å². The highest BCUT2D eigenvalue weighted by molar-refractivity contribution is 5.73. The van der Waals surface area contributed by atoms with Crippen molar-refractivity contribution in [2.75, 3.05) is 6.61 Å². The van der Waals surface area contributed by atoms with Crippen LogP contribution in [0.5, 0.6) is 0 Å². The molecule has 0 amide bonds. The van der Waals surface area contributed by atoms with E-state index in [1.807, 2.05) is 0 Å². The van der Waals surface area contributed by atoms with Crippen LogP contribution in [0.3, 0.4) is 0 Å². The lowest BCUT2D eigenvalue weighted by atomic mass is 10.0. The van der Waals surface area contributed by atoms with Gasteiger partial charge in [-0.2, -0.15) is 0 Å². The Labute approximate surface area is 84.9 Å². The minimum Gasteiger partial charge on any atom is -0.460 e. The second-order valence-corrected chi connectivity index (χ2v) is 4.40. The van der Waals surface area contributed by atoms with Gasteiger partial charge in [0.1, 0.15) is 5.60 Å². The molecule has 0 aliphatic heterocycles. The first-order valence-corrected chi connectivity index (χ1v) is 4.79. The highest BCUT2D eigenvalue weighted by atomic mass is 16.6. The summed E-state index contributed by atoms with van der Waals surface area (Å²) in [6.45, 7) is 6.78. The van der Waals surface area contributed by atoms with E-state index in [0.717, 1.165) is 0 Å². The molecule has 14 heavy (non-hydrogen) atoms. The molecular formula is C10H20O4. The van der Waals surface area contributed by atoms with E-state index in [4.69, 9.17) is 9.84 Å². The zero-order valence-electron chi connectivity index (χ0n) is 9.28. The lowest BCUT2D eigenvalue weighted by molar-refractivity contribution is -0.163. The van der Waals surface area contributed by atoms with E-state index in [9.17, 15) is 9.90 Å². The van der Waals surface area contributed by atoms with Gasteiger partial charge in [-0.15, -0.1) is 0 Å². The van der Waals surface area contributed by atoms with Crippen LogP contribution < -0.4 is 0 Å². The molecule has 84 valence electrons. The van der Waals surface area contributed by atoms with E-state index in [-0.39, 0.29) is 13.0 Å². The number of hydrogen-bond acceptors (Lipinski definition) is 4. The molecule has 0 spiro atoms. The SMILES string of the molecule is C[C@@H](C(=O)OC(C)(C)C)[C@@H](O)CCO. The summed E-state index contributed by atoms with van der Waals surface area (Å²) >= 11 is 0. The summed E-state index contributed by atoms with van der Waals surface area (Å²) in [4.78, 5) is 11.4. The van der Waals surface area contributed by atoms with Gasteiger partial charge >= 0.3 is 5.97 Å². The molecule has 4 heteroatoms. The fourth-order valence-electron chi connectivity index (χ4n) is 0.934. The second-order valence-electron chi connectivity index (χ2n) is 4.40. The van der Waals surface area contributed by atoms with Gasteiger partial charge in [0, 0.05) is 6.61 Å². The van der Waals surface area contributed by atoms with Gasteiger partial charge < -0.3 is 14.9 Å². The monoisotopic (exact) mass is 204 g/mol. The van der Waals surface area contributed by atoms with Crippen molar-refractivity contribution in [3.63, 3.8) is 0 Å². The Morgan fingerprint density at radius 1 is 1.43 bits per heavy atom. The van der Waals surface area contributed by atoms with Crippen molar-refractivity contribution in [2.24, 2.45) is 5.92 Å². The van der Waals surface area contributed by atoms with Crippen LogP contribution in [0.25, 0.3) is 0 Å². The molecule has 0 aliphatic carbocycles. The molecule has 2 N–H and O–H groups in total. The predicted octanol–water partition coefficient (Wildman–Crippen LogP) is 0.707. The molecule has 4 nitrogen and oxygen atoms in total. The molecule has 0 heterocycles. The van der Waals surface area contributed by atoms with Gasteiger partial charge in [-0.3, -0.25) is 4.79 Å². The van der Waals surface area contributed by atoms with Gasteiger partial charge in [-0.1, -0.05) is 0 Å². The largest absolute Gasteiger partial charge is 0.460 e. The maximum Gasteiger partial charge on any atom is 0.311 e. The van der Waals surface area contributed by atoms with E-state index >= 15 is 0 Å². The third-order valence-corrected chi connectivity index (χ3v) is 1.78. The van der Waals surface area contributed by atoms with E-state index < -0.39 is 23.6 Å². The quantitative estimate of drug-likeness (QED) is 0.662. The number of carbonyl (C=O) groups excluding carboxylic acids is 1. The zero-order chi connectivity index (χ0) is 11.4. The molecule has 0 aromatic carbocycles. The van der Waals surface area contributed by atoms with Gasteiger partial charge in [0.15, 0.2) is 0 Å². The minimum absolute atomic E-state index is 0.131. The van der Waals surface area contributed by atoms with Crippen LogP contribution in [0.2, 0.25) is 0 Å². The summed E-state index contributed by atoms with van der Waals surface area (Å²) in [5, 5.41) is 18.0. The third kappa shape index (κ3) is 5.19. The third-order valence-electron chi connectivity index (χ3n) is 1.78. The number of hydrogen-bond donors (Lipinski definition) is 2. The van der Waals surface area contributed by atoms with Crippen LogP contribution in [0.1, 0.15) is 34.1 Å². The Morgan fingerprint density at radius 2 is 1.93 bits per heavy atom. The van der Waals surface area contributed by atoms with Gasteiger partial charge in [-0.25, -0.2) is 0 Å². The smallest absolute Gasteiger partial charge is 0.311 e. The number of aliphatic hydroxyl groups is 2. The predicted molar refractivity (Wildman–Crippen MR) is 52.7 cm³/mol. The Kier molecular flexibility index (Phi) is 5.08. The Bertz CT molecular complexity index is 183. The number of esters is 1. The fourth-order valence-corrected chi connectivity index (χ4v) is 0.934. The number of aliphatic hydroxyl groups excluding tert-OH is 2. The Morgan fingerprint density at radius 3 is 2.29 bits per heavy atom. The first kappa shape index (κ1) is 13.4. The van der Waals surface area contributed by atoms with E-state index in [1.54, 1.807) is 27.7 Å². The summed E-state index contributed by atoms with van der Waals surface area (Å²) in [7, 11) is 0. The van der Waals surface area contributed by atoms with Crippen molar-refractivity contribution in [1.29, 1.82) is 0 Å². The normalized spacial score (nSPS) is 16.1. The number of carbonyl (C=O) groups is 1. The first-order valence-electron chi connectivity index (χ1n) is 4.79. The zero-order valence-corrected chi connectivity index (χ0v) is 9.28. The van der Waals surface area contributed by atoms with Gasteiger partial charge in [0.25, 0.3) is 0 Å². The molecule has 0 bridgehead atoms. The number of rotatable bonds is 4. The molecule has 0 saturated heterocycles. The van der Waals surface area contributed by atoms with Gasteiger partial charge in [0.05, 0.1) is 12.0 Å². The van der Waals surface area contributed by atoms with Crippen molar-refractivity contribution < 1.29 is 19.7 Å². The van der Waals surface area contributed by atoms with Crippen LogP contribution >= 0.6 is 0 Å². The van der Waals surface area contributed by atoms with Crippen LogP contribution in [0.15, 0.2) is 0 Å². The maximum atomic E-state index is 11.4. The highest BCUT2D eigenvalue weighted by Gasteiger charge is 2.26. The Hall–Kier alpha value is -0.610. The molecule has 2 atom stereocenters. The van der Waals surface area contributed by atoms with E-state index in [1.165, 1.54) is 0 Å². The topological polar surface area (TPSA) is 66.8 Å². The van der Waals surface area contributed by atoms with E-state index in [2.05, 4.69) is 0 Å². The second kappa shape index (κ2) is 5.32. The molecule has 0 fully saturated rings. The van der Waals surface area contributed by atoms with Crippen molar-refractivity contribution in [1.82, 2.24) is 0 Å². The van der Waals surface area contributed by atoms with Crippen molar-refractivity contribution in [3.8, 4) is 0 Å². The maximum absolute atomic E-state index is 11.4. The van der Waals surface area contributed by atoms with Crippen molar-refractivity contribution in [3.05, 3.63) is 0 Å². The average molecular weight is 204 g/mol. The Balaban J connectivity index is 4.12. The summed E-state index contributed by atoms with van der Waals surface area (Å²) in [6, 6.07) is 0. The van der Waals surface area contributed by atoms with Crippen LogP contribution in [-0.4, -0.2) is 34.5 Å². The molecule has 0 aliphatic rings. The highest BCUT2D eigenvalue weighted by Crippen LogP contribution is 2.14. The minimum atomic E-state index is -0.838. The standard InChI is InChI=1S/C10H20O4/c1-7(8(12)5-6-11)9(13)14-10(2,3)4/h7-8,11-12H,5-6H2,1-4H3/t7-,8+/m1/s1. The molecular weight excluding hydrogens is 184 g/mol. The number of ether oxygens (including phenoxy) is 1. The average Bonchev–Trinajstić information content (AvgIpc) is 2.00. The molecule has 0 aromatic rings.